The van der Waals surface area contributed by atoms with Gasteiger partial charge in [0.15, 0.2) is 16.7 Å². The Morgan fingerprint density at radius 2 is 1.93 bits per heavy atom. The highest BCUT2D eigenvalue weighted by Gasteiger charge is 2.29. The minimum atomic E-state index is 0.192. The number of piperidine rings is 1. The number of aromatic nitrogens is 3. The quantitative estimate of drug-likeness (QED) is 0.672. The minimum Gasteiger partial charge on any atom is -0.454 e. The van der Waals surface area contributed by atoms with Crippen molar-refractivity contribution in [2.75, 3.05) is 12.5 Å². The smallest absolute Gasteiger partial charge is 0.233 e. The Hall–Kier alpha value is -2.22. The zero-order valence-corrected chi connectivity index (χ0v) is 18.1. The van der Waals surface area contributed by atoms with Crippen molar-refractivity contribution in [1.29, 1.82) is 0 Å². The summed E-state index contributed by atoms with van der Waals surface area (Å²) in [4.78, 5) is 14.9. The topological polar surface area (TPSA) is 69.5 Å². The van der Waals surface area contributed by atoms with Crippen LogP contribution in [0, 0.1) is 0 Å². The molecule has 2 aromatic rings. The highest BCUT2D eigenvalue weighted by molar-refractivity contribution is 7.99. The number of benzene rings is 1. The SMILES string of the molecule is CCn1c(Cc2ccc3c(c2)OCO3)nnc1SCC(=O)N1C(C)CCCC1C. The van der Waals surface area contributed by atoms with E-state index in [4.69, 9.17) is 9.47 Å². The van der Waals surface area contributed by atoms with E-state index in [-0.39, 0.29) is 12.7 Å². The molecule has 29 heavy (non-hydrogen) atoms. The van der Waals surface area contributed by atoms with E-state index >= 15 is 0 Å². The van der Waals surface area contributed by atoms with Crippen molar-refractivity contribution in [3.05, 3.63) is 29.6 Å². The standard InChI is InChI=1S/C21H28N4O3S/c1-4-24-19(11-16-8-9-17-18(10-16)28-13-27-17)22-23-21(24)29-12-20(26)25-14(2)6-5-7-15(25)3/h8-10,14-15H,4-7,11-13H2,1-3H3. The lowest BCUT2D eigenvalue weighted by Gasteiger charge is -2.39. The van der Waals surface area contributed by atoms with Gasteiger partial charge in [-0.15, -0.1) is 10.2 Å². The molecule has 1 aromatic heterocycles. The first kappa shape index (κ1) is 20.1. The average molecular weight is 417 g/mol. The summed E-state index contributed by atoms with van der Waals surface area (Å²) < 4.78 is 12.9. The fraction of sp³-hybridized carbons (Fsp3) is 0.571. The molecule has 7 nitrogen and oxygen atoms in total. The summed E-state index contributed by atoms with van der Waals surface area (Å²) >= 11 is 1.48. The van der Waals surface area contributed by atoms with Crippen LogP contribution >= 0.6 is 11.8 Å². The monoisotopic (exact) mass is 416 g/mol. The van der Waals surface area contributed by atoms with Crippen molar-refractivity contribution in [3.8, 4) is 11.5 Å². The maximum atomic E-state index is 12.8. The number of amides is 1. The van der Waals surface area contributed by atoms with Gasteiger partial charge in [0.1, 0.15) is 5.82 Å². The van der Waals surface area contributed by atoms with Crippen LogP contribution in [0.2, 0.25) is 0 Å². The van der Waals surface area contributed by atoms with Gasteiger partial charge < -0.3 is 18.9 Å². The Balaban J connectivity index is 1.42. The summed E-state index contributed by atoms with van der Waals surface area (Å²) in [6.45, 7) is 7.41. The van der Waals surface area contributed by atoms with Gasteiger partial charge in [0.25, 0.3) is 0 Å². The number of rotatable bonds is 6. The van der Waals surface area contributed by atoms with E-state index in [1.807, 2.05) is 18.2 Å². The molecule has 3 heterocycles. The van der Waals surface area contributed by atoms with Gasteiger partial charge >= 0.3 is 0 Å². The molecule has 2 unspecified atom stereocenters. The number of likely N-dealkylation sites (tertiary alicyclic amines) is 1. The molecule has 1 fully saturated rings. The number of ether oxygens (including phenoxy) is 2. The van der Waals surface area contributed by atoms with Crippen LogP contribution in [0.15, 0.2) is 23.4 Å². The van der Waals surface area contributed by atoms with Crippen LogP contribution in [0.25, 0.3) is 0 Å². The number of carbonyl (C=O) groups excluding carboxylic acids is 1. The Morgan fingerprint density at radius 1 is 1.17 bits per heavy atom. The second-order valence-corrected chi connectivity index (χ2v) is 8.67. The zero-order chi connectivity index (χ0) is 20.4. The summed E-state index contributed by atoms with van der Waals surface area (Å²) in [5, 5.41) is 9.55. The van der Waals surface area contributed by atoms with E-state index in [9.17, 15) is 4.79 Å². The van der Waals surface area contributed by atoms with Crippen molar-refractivity contribution in [2.24, 2.45) is 0 Å². The Labute approximate surface area is 175 Å². The van der Waals surface area contributed by atoms with E-state index in [0.717, 1.165) is 47.4 Å². The molecule has 1 aromatic carbocycles. The van der Waals surface area contributed by atoms with Gasteiger partial charge in [-0.2, -0.15) is 0 Å². The van der Waals surface area contributed by atoms with E-state index < -0.39 is 0 Å². The number of fused-ring (bicyclic) bond motifs is 1. The Bertz CT molecular complexity index is 875. The lowest BCUT2D eigenvalue weighted by Crippen LogP contribution is -2.48. The third-order valence-electron chi connectivity index (χ3n) is 5.72. The maximum Gasteiger partial charge on any atom is 0.233 e. The van der Waals surface area contributed by atoms with Gasteiger partial charge in [-0.05, 0) is 57.7 Å². The molecule has 2 atom stereocenters. The van der Waals surface area contributed by atoms with Crippen molar-refractivity contribution in [2.45, 2.75) is 70.2 Å². The lowest BCUT2D eigenvalue weighted by atomic mass is 9.98. The molecular weight excluding hydrogens is 388 g/mol. The van der Waals surface area contributed by atoms with Crippen molar-refractivity contribution >= 4 is 17.7 Å². The molecular formula is C21H28N4O3S. The average Bonchev–Trinajstić information content (AvgIpc) is 3.32. The molecule has 0 spiro atoms. The van der Waals surface area contributed by atoms with Gasteiger partial charge in [0.2, 0.25) is 12.7 Å². The van der Waals surface area contributed by atoms with Crippen molar-refractivity contribution < 1.29 is 14.3 Å². The molecule has 2 aliphatic rings. The van der Waals surface area contributed by atoms with Crippen LogP contribution in [-0.4, -0.2) is 50.2 Å². The Morgan fingerprint density at radius 3 is 2.69 bits per heavy atom. The summed E-state index contributed by atoms with van der Waals surface area (Å²) in [6.07, 6.45) is 4.04. The number of nitrogens with zero attached hydrogens (tertiary/aromatic N) is 4. The van der Waals surface area contributed by atoms with Gasteiger partial charge in [-0.1, -0.05) is 17.8 Å². The molecule has 1 saturated heterocycles. The second kappa shape index (κ2) is 8.65. The van der Waals surface area contributed by atoms with Gasteiger partial charge in [-0.25, -0.2) is 0 Å². The number of thioether (sulfide) groups is 1. The minimum absolute atomic E-state index is 0.192. The second-order valence-electron chi connectivity index (χ2n) is 7.73. The molecule has 0 aliphatic carbocycles. The van der Waals surface area contributed by atoms with E-state index in [1.54, 1.807) is 0 Å². The normalized spacial score (nSPS) is 20.9. The molecule has 8 heteroatoms. The van der Waals surface area contributed by atoms with Crippen molar-refractivity contribution in [1.82, 2.24) is 19.7 Å². The van der Waals surface area contributed by atoms with Gasteiger partial charge in [0.05, 0.1) is 5.75 Å². The molecule has 0 saturated carbocycles. The molecule has 0 radical (unpaired) electrons. The van der Waals surface area contributed by atoms with Gasteiger partial charge in [0, 0.05) is 25.0 Å². The lowest BCUT2D eigenvalue weighted by molar-refractivity contribution is -0.134. The summed E-state index contributed by atoms with van der Waals surface area (Å²) in [7, 11) is 0. The van der Waals surface area contributed by atoms with E-state index in [1.165, 1.54) is 18.2 Å². The van der Waals surface area contributed by atoms with Crippen molar-refractivity contribution in [3.63, 3.8) is 0 Å². The number of carbonyl (C=O) groups is 1. The van der Waals surface area contributed by atoms with Crippen LogP contribution in [0.1, 0.15) is 51.4 Å². The fourth-order valence-corrected chi connectivity index (χ4v) is 5.11. The predicted octanol–water partition coefficient (Wildman–Crippen LogP) is 3.50. The largest absolute Gasteiger partial charge is 0.454 e. The highest BCUT2D eigenvalue weighted by atomic mass is 32.2. The molecule has 1 amide bonds. The number of hydrogen-bond donors (Lipinski definition) is 0. The van der Waals surface area contributed by atoms with Crippen LogP contribution < -0.4 is 9.47 Å². The van der Waals surface area contributed by atoms with Crippen LogP contribution in [0.3, 0.4) is 0 Å². The van der Waals surface area contributed by atoms with Gasteiger partial charge in [-0.3, -0.25) is 4.79 Å². The highest BCUT2D eigenvalue weighted by Crippen LogP contribution is 2.33. The van der Waals surface area contributed by atoms with Crippen LogP contribution in [0.5, 0.6) is 11.5 Å². The third kappa shape index (κ3) is 4.22. The van der Waals surface area contributed by atoms with E-state index in [2.05, 4.69) is 40.4 Å². The molecule has 0 bridgehead atoms. The fourth-order valence-electron chi connectivity index (χ4n) is 4.22. The zero-order valence-electron chi connectivity index (χ0n) is 17.3. The molecule has 2 aliphatic heterocycles. The molecule has 0 N–H and O–H groups in total. The summed E-state index contributed by atoms with van der Waals surface area (Å²) in [6, 6.07) is 6.58. The summed E-state index contributed by atoms with van der Waals surface area (Å²) in [5.74, 6) is 3.03. The summed E-state index contributed by atoms with van der Waals surface area (Å²) in [5.41, 5.74) is 1.10. The Kier molecular flexibility index (Phi) is 5.99. The maximum absolute atomic E-state index is 12.8. The third-order valence-corrected chi connectivity index (χ3v) is 6.67. The number of hydrogen-bond acceptors (Lipinski definition) is 6. The predicted molar refractivity (Wildman–Crippen MR) is 111 cm³/mol. The molecule has 4 rings (SSSR count). The first-order valence-electron chi connectivity index (χ1n) is 10.3. The first-order chi connectivity index (χ1) is 14.1. The van der Waals surface area contributed by atoms with Crippen LogP contribution in [-0.2, 0) is 17.8 Å². The first-order valence-corrected chi connectivity index (χ1v) is 11.3. The van der Waals surface area contributed by atoms with Crippen LogP contribution in [0.4, 0.5) is 0 Å². The molecule has 156 valence electrons. The van der Waals surface area contributed by atoms with E-state index in [0.29, 0.717) is 24.3 Å².